The Bertz CT molecular complexity index is 556. The van der Waals surface area contributed by atoms with Gasteiger partial charge in [-0.2, -0.15) is 5.26 Å². The predicted octanol–water partition coefficient (Wildman–Crippen LogP) is 3.31. The van der Waals surface area contributed by atoms with Gasteiger partial charge in [-0.15, -0.1) is 0 Å². The first-order valence-electron chi connectivity index (χ1n) is 5.86. The van der Waals surface area contributed by atoms with Crippen LogP contribution in [0.15, 0.2) is 30.5 Å². The van der Waals surface area contributed by atoms with Crippen LogP contribution in [0.25, 0.3) is 10.9 Å². The number of aromatic nitrogens is 1. The van der Waals surface area contributed by atoms with Gasteiger partial charge < -0.3 is 4.57 Å². The number of hydrogen-bond acceptors (Lipinski definition) is 1. The van der Waals surface area contributed by atoms with E-state index in [0.29, 0.717) is 0 Å². The zero-order valence-electron chi connectivity index (χ0n) is 9.19. The van der Waals surface area contributed by atoms with Crippen molar-refractivity contribution in [2.24, 2.45) is 5.92 Å². The van der Waals surface area contributed by atoms with Crippen molar-refractivity contribution in [1.29, 1.82) is 5.26 Å². The molecule has 0 atom stereocenters. The SMILES string of the molecule is N#Cc1ccc2c(ccn2CCC2CC2)c1. The quantitative estimate of drug-likeness (QED) is 0.764. The summed E-state index contributed by atoms with van der Waals surface area (Å²) in [7, 11) is 0. The average Bonchev–Trinajstić information content (AvgIpc) is 3.06. The Morgan fingerprint density at radius 2 is 2.19 bits per heavy atom. The molecule has 0 bridgehead atoms. The predicted molar refractivity (Wildman–Crippen MR) is 64.0 cm³/mol. The Morgan fingerprint density at radius 3 is 2.94 bits per heavy atom. The maximum atomic E-state index is 8.83. The minimum absolute atomic E-state index is 0.743. The highest BCUT2D eigenvalue weighted by Crippen LogP contribution is 2.33. The second-order valence-corrected chi connectivity index (χ2v) is 4.63. The molecule has 1 fully saturated rings. The van der Waals surface area contributed by atoms with E-state index in [1.54, 1.807) is 0 Å². The maximum Gasteiger partial charge on any atom is 0.0991 e. The van der Waals surface area contributed by atoms with Gasteiger partial charge in [0.25, 0.3) is 0 Å². The fourth-order valence-corrected chi connectivity index (χ4v) is 2.19. The zero-order chi connectivity index (χ0) is 11.0. The summed E-state index contributed by atoms with van der Waals surface area (Å²) in [6.45, 7) is 1.11. The Labute approximate surface area is 95.1 Å². The van der Waals surface area contributed by atoms with E-state index in [0.717, 1.165) is 18.0 Å². The first-order valence-corrected chi connectivity index (χ1v) is 5.86. The van der Waals surface area contributed by atoms with Gasteiger partial charge in [0.15, 0.2) is 0 Å². The summed E-state index contributed by atoms with van der Waals surface area (Å²) in [6, 6.07) is 10.2. The molecule has 16 heavy (non-hydrogen) atoms. The molecule has 0 amide bonds. The zero-order valence-corrected chi connectivity index (χ0v) is 9.19. The maximum absolute atomic E-state index is 8.83. The van der Waals surface area contributed by atoms with E-state index in [1.807, 2.05) is 12.1 Å². The lowest BCUT2D eigenvalue weighted by Crippen LogP contribution is -1.96. The van der Waals surface area contributed by atoms with Crippen molar-refractivity contribution in [3.05, 3.63) is 36.0 Å². The van der Waals surface area contributed by atoms with Gasteiger partial charge in [0.1, 0.15) is 0 Å². The van der Waals surface area contributed by atoms with Crippen molar-refractivity contribution in [3.8, 4) is 6.07 Å². The molecule has 80 valence electrons. The highest BCUT2D eigenvalue weighted by molar-refractivity contribution is 5.81. The van der Waals surface area contributed by atoms with Gasteiger partial charge >= 0.3 is 0 Å². The third-order valence-corrected chi connectivity index (χ3v) is 3.38. The van der Waals surface area contributed by atoms with Gasteiger partial charge in [0.05, 0.1) is 11.6 Å². The molecular weight excluding hydrogens is 196 g/mol. The Kier molecular flexibility index (Phi) is 2.18. The van der Waals surface area contributed by atoms with Crippen molar-refractivity contribution >= 4 is 10.9 Å². The van der Waals surface area contributed by atoms with Crippen LogP contribution in [-0.4, -0.2) is 4.57 Å². The number of rotatable bonds is 3. The topological polar surface area (TPSA) is 28.7 Å². The summed E-state index contributed by atoms with van der Waals surface area (Å²) in [6.07, 6.45) is 6.26. The highest BCUT2D eigenvalue weighted by atomic mass is 14.9. The van der Waals surface area contributed by atoms with Crippen LogP contribution in [-0.2, 0) is 6.54 Å². The van der Waals surface area contributed by atoms with Crippen LogP contribution in [0.3, 0.4) is 0 Å². The molecule has 0 saturated heterocycles. The smallest absolute Gasteiger partial charge is 0.0991 e. The second kappa shape index (κ2) is 3.68. The van der Waals surface area contributed by atoms with Crippen LogP contribution in [0.1, 0.15) is 24.8 Å². The number of nitriles is 1. The number of aryl methyl sites for hydroxylation is 1. The van der Waals surface area contributed by atoms with Gasteiger partial charge in [0, 0.05) is 23.6 Å². The minimum Gasteiger partial charge on any atom is -0.347 e. The standard InChI is InChI=1S/C14H14N2/c15-10-12-3-4-14-13(9-12)6-8-16(14)7-5-11-1-2-11/h3-4,6,8-9,11H,1-2,5,7H2. The van der Waals surface area contributed by atoms with Crippen molar-refractivity contribution < 1.29 is 0 Å². The van der Waals surface area contributed by atoms with Gasteiger partial charge in [-0.1, -0.05) is 12.8 Å². The fraction of sp³-hybridized carbons (Fsp3) is 0.357. The molecule has 1 aliphatic rings. The molecule has 1 aromatic carbocycles. The average molecular weight is 210 g/mol. The largest absolute Gasteiger partial charge is 0.347 e. The fourth-order valence-electron chi connectivity index (χ4n) is 2.19. The molecule has 0 aliphatic heterocycles. The van der Waals surface area contributed by atoms with Crippen LogP contribution in [0.4, 0.5) is 0 Å². The highest BCUT2D eigenvalue weighted by Gasteiger charge is 2.20. The molecule has 0 spiro atoms. The van der Waals surface area contributed by atoms with E-state index in [9.17, 15) is 0 Å². The molecular formula is C14H14N2. The van der Waals surface area contributed by atoms with Crippen molar-refractivity contribution in [3.63, 3.8) is 0 Å². The Hall–Kier alpha value is -1.75. The number of nitrogens with zero attached hydrogens (tertiary/aromatic N) is 2. The lowest BCUT2D eigenvalue weighted by molar-refractivity contribution is 0.611. The number of hydrogen-bond donors (Lipinski definition) is 0. The van der Waals surface area contributed by atoms with E-state index in [4.69, 9.17) is 5.26 Å². The van der Waals surface area contributed by atoms with E-state index >= 15 is 0 Å². The summed E-state index contributed by atoms with van der Waals surface area (Å²) in [5.41, 5.74) is 1.99. The lowest BCUT2D eigenvalue weighted by Gasteiger charge is -2.04. The van der Waals surface area contributed by atoms with E-state index in [1.165, 1.54) is 30.2 Å². The third-order valence-electron chi connectivity index (χ3n) is 3.38. The lowest BCUT2D eigenvalue weighted by atomic mass is 10.2. The minimum atomic E-state index is 0.743. The van der Waals surface area contributed by atoms with Crippen molar-refractivity contribution in [2.45, 2.75) is 25.8 Å². The van der Waals surface area contributed by atoms with Crippen molar-refractivity contribution in [1.82, 2.24) is 4.57 Å². The van der Waals surface area contributed by atoms with Crippen LogP contribution < -0.4 is 0 Å². The van der Waals surface area contributed by atoms with Gasteiger partial charge in [0.2, 0.25) is 0 Å². The first kappa shape index (κ1) is 9.47. The molecule has 3 rings (SSSR count). The molecule has 2 nitrogen and oxygen atoms in total. The van der Waals surface area contributed by atoms with Crippen molar-refractivity contribution in [2.75, 3.05) is 0 Å². The van der Waals surface area contributed by atoms with Gasteiger partial charge in [-0.25, -0.2) is 0 Å². The summed E-state index contributed by atoms with van der Waals surface area (Å²) in [4.78, 5) is 0. The number of benzene rings is 1. The molecule has 0 N–H and O–H groups in total. The van der Waals surface area contributed by atoms with Gasteiger partial charge in [-0.05, 0) is 36.6 Å². The molecule has 1 aliphatic carbocycles. The molecule has 1 aromatic heterocycles. The summed E-state index contributed by atoms with van der Waals surface area (Å²) in [5, 5.41) is 10.0. The van der Waals surface area contributed by atoms with E-state index < -0.39 is 0 Å². The monoisotopic (exact) mass is 210 g/mol. The Morgan fingerprint density at radius 1 is 1.31 bits per heavy atom. The molecule has 1 heterocycles. The summed E-state index contributed by atoms with van der Waals surface area (Å²) < 4.78 is 2.30. The molecule has 1 saturated carbocycles. The third kappa shape index (κ3) is 1.69. The van der Waals surface area contributed by atoms with Crippen LogP contribution in [0.2, 0.25) is 0 Å². The first-order chi connectivity index (χ1) is 7.86. The molecule has 2 heteroatoms. The molecule has 0 radical (unpaired) electrons. The van der Waals surface area contributed by atoms with E-state index in [2.05, 4.69) is 29.0 Å². The van der Waals surface area contributed by atoms with Crippen LogP contribution in [0, 0.1) is 17.2 Å². The normalized spacial score (nSPS) is 15.2. The second-order valence-electron chi connectivity index (χ2n) is 4.63. The summed E-state index contributed by atoms with van der Waals surface area (Å²) in [5.74, 6) is 0.968. The van der Waals surface area contributed by atoms with Crippen LogP contribution >= 0.6 is 0 Å². The molecule has 2 aromatic rings. The Balaban J connectivity index is 1.90. The van der Waals surface area contributed by atoms with E-state index in [-0.39, 0.29) is 0 Å². The van der Waals surface area contributed by atoms with Crippen LogP contribution in [0.5, 0.6) is 0 Å². The van der Waals surface area contributed by atoms with Gasteiger partial charge in [-0.3, -0.25) is 0 Å². The number of fused-ring (bicyclic) bond motifs is 1. The summed E-state index contributed by atoms with van der Waals surface area (Å²) >= 11 is 0. The molecule has 0 unspecified atom stereocenters.